The second-order valence-corrected chi connectivity index (χ2v) is 4.61. The number of nitrogens with zero attached hydrogens (tertiary/aromatic N) is 1. The van der Waals surface area contributed by atoms with Gasteiger partial charge < -0.3 is 5.32 Å². The second-order valence-electron chi connectivity index (χ2n) is 4.61. The Balaban J connectivity index is 2.37. The number of anilines is 2. The van der Waals surface area contributed by atoms with E-state index < -0.39 is 0 Å². The van der Waals surface area contributed by atoms with Gasteiger partial charge >= 0.3 is 6.03 Å². The molecule has 0 radical (unpaired) electrons. The van der Waals surface area contributed by atoms with Crippen molar-refractivity contribution in [2.24, 2.45) is 0 Å². The van der Waals surface area contributed by atoms with E-state index >= 15 is 0 Å². The van der Waals surface area contributed by atoms with Gasteiger partial charge in [-0.3, -0.25) is 4.90 Å². The van der Waals surface area contributed by atoms with E-state index in [1.54, 1.807) is 4.90 Å². The number of benzene rings is 2. The molecule has 2 amide bonds. The van der Waals surface area contributed by atoms with E-state index in [-0.39, 0.29) is 12.1 Å². The Bertz CT molecular complexity index is 483. The Hall–Kier alpha value is -2.29. The number of nitrogens with one attached hydrogen (secondary N) is 1. The van der Waals surface area contributed by atoms with Crippen LogP contribution < -0.4 is 10.2 Å². The first kappa shape index (κ1) is 13.1. The van der Waals surface area contributed by atoms with Crippen molar-refractivity contribution in [2.75, 3.05) is 4.90 Å². The summed E-state index contributed by atoms with van der Waals surface area (Å²) in [7, 11) is 0. The SMILES string of the molecule is CC(C)NC(=O)N(c1ccccc1)c1ccccc1. The summed E-state index contributed by atoms with van der Waals surface area (Å²) in [6.07, 6.45) is 0. The normalized spacial score (nSPS) is 10.3. The second kappa shape index (κ2) is 6.05. The number of carbonyl (C=O) groups is 1. The number of urea groups is 1. The highest BCUT2D eigenvalue weighted by Crippen LogP contribution is 2.24. The summed E-state index contributed by atoms with van der Waals surface area (Å²) in [6, 6.07) is 19.2. The number of rotatable bonds is 3. The molecule has 0 aliphatic carbocycles. The molecule has 0 saturated carbocycles. The van der Waals surface area contributed by atoms with Crippen LogP contribution in [0.25, 0.3) is 0 Å². The van der Waals surface area contributed by atoms with Gasteiger partial charge in [0, 0.05) is 6.04 Å². The van der Waals surface area contributed by atoms with Gasteiger partial charge in [0.2, 0.25) is 0 Å². The van der Waals surface area contributed by atoms with Crippen LogP contribution in [0.4, 0.5) is 16.2 Å². The molecular weight excluding hydrogens is 236 g/mol. The molecule has 0 unspecified atom stereocenters. The van der Waals surface area contributed by atoms with Gasteiger partial charge in [0.1, 0.15) is 0 Å². The smallest absolute Gasteiger partial charge is 0.326 e. The highest BCUT2D eigenvalue weighted by molar-refractivity contribution is 5.99. The van der Waals surface area contributed by atoms with E-state index in [0.29, 0.717) is 0 Å². The zero-order valence-electron chi connectivity index (χ0n) is 11.2. The lowest BCUT2D eigenvalue weighted by Gasteiger charge is -2.24. The van der Waals surface area contributed by atoms with Gasteiger partial charge in [0.25, 0.3) is 0 Å². The molecule has 0 atom stereocenters. The standard InChI is InChI=1S/C16H18N2O/c1-13(2)17-16(19)18(14-9-5-3-6-10-14)15-11-7-4-8-12-15/h3-13H,1-2H3,(H,17,19). The van der Waals surface area contributed by atoms with Crippen LogP contribution in [0.15, 0.2) is 60.7 Å². The molecule has 0 aromatic heterocycles. The molecule has 0 aliphatic rings. The molecule has 0 saturated heterocycles. The molecule has 0 bridgehead atoms. The Morgan fingerprint density at radius 2 is 1.32 bits per heavy atom. The van der Waals surface area contributed by atoms with E-state index in [9.17, 15) is 4.79 Å². The maximum absolute atomic E-state index is 12.4. The van der Waals surface area contributed by atoms with Crippen LogP contribution in [0, 0.1) is 0 Å². The molecular formula is C16H18N2O. The molecule has 3 nitrogen and oxygen atoms in total. The van der Waals surface area contributed by atoms with Crippen molar-refractivity contribution in [3.8, 4) is 0 Å². The zero-order valence-corrected chi connectivity index (χ0v) is 11.2. The Labute approximate surface area is 113 Å². The van der Waals surface area contributed by atoms with Crippen molar-refractivity contribution in [2.45, 2.75) is 19.9 Å². The van der Waals surface area contributed by atoms with Crippen LogP contribution in [0.3, 0.4) is 0 Å². The van der Waals surface area contributed by atoms with Crippen LogP contribution >= 0.6 is 0 Å². The van der Waals surface area contributed by atoms with Gasteiger partial charge in [0.05, 0.1) is 11.4 Å². The largest absolute Gasteiger partial charge is 0.335 e. The summed E-state index contributed by atoms with van der Waals surface area (Å²) < 4.78 is 0. The van der Waals surface area contributed by atoms with Gasteiger partial charge in [0.15, 0.2) is 0 Å². The maximum Gasteiger partial charge on any atom is 0.326 e. The quantitative estimate of drug-likeness (QED) is 0.884. The van der Waals surface area contributed by atoms with Gasteiger partial charge in [-0.2, -0.15) is 0 Å². The Morgan fingerprint density at radius 1 is 0.895 bits per heavy atom. The molecule has 98 valence electrons. The average molecular weight is 254 g/mol. The van der Waals surface area contributed by atoms with E-state index in [1.807, 2.05) is 74.5 Å². The van der Waals surface area contributed by atoms with Gasteiger partial charge in [-0.1, -0.05) is 36.4 Å². The molecule has 19 heavy (non-hydrogen) atoms. The van der Waals surface area contributed by atoms with Gasteiger partial charge in [-0.05, 0) is 38.1 Å². The lowest BCUT2D eigenvalue weighted by atomic mass is 10.2. The molecule has 0 fully saturated rings. The summed E-state index contributed by atoms with van der Waals surface area (Å²) in [6.45, 7) is 3.90. The lowest BCUT2D eigenvalue weighted by Crippen LogP contribution is -2.40. The summed E-state index contributed by atoms with van der Waals surface area (Å²) in [4.78, 5) is 14.0. The maximum atomic E-state index is 12.4. The summed E-state index contributed by atoms with van der Waals surface area (Å²) in [5.41, 5.74) is 1.71. The Morgan fingerprint density at radius 3 is 1.68 bits per heavy atom. The minimum Gasteiger partial charge on any atom is -0.335 e. The number of amides is 2. The zero-order chi connectivity index (χ0) is 13.7. The third-order valence-corrected chi connectivity index (χ3v) is 2.64. The van der Waals surface area contributed by atoms with Crippen molar-refractivity contribution in [1.29, 1.82) is 0 Å². The van der Waals surface area contributed by atoms with E-state index in [4.69, 9.17) is 0 Å². The summed E-state index contributed by atoms with van der Waals surface area (Å²) in [5, 5.41) is 2.93. The first-order valence-corrected chi connectivity index (χ1v) is 6.39. The molecule has 0 aliphatic heterocycles. The predicted molar refractivity (Wildman–Crippen MR) is 78.7 cm³/mol. The van der Waals surface area contributed by atoms with Crippen LogP contribution in [-0.4, -0.2) is 12.1 Å². The molecule has 2 aromatic carbocycles. The number of hydrogen-bond acceptors (Lipinski definition) is 1. The average Bonchev–Trinajstić information content (AvgIpc) is 2.40. The molecule has 2 aromatic rings. The van der Waals surface area contributed by atoms with E-state index in [2.05, 4.69) is 5.32 Å². The summed E-state index contributed by atoms with van der Waals surface area (Å²) in [5.74, 6) is 0. The molecule has 3 heteroatoms. The topological polar surface area (TPSA) is 32.3 Å². The monoisotopic (exact) mass is 254 g/mol. The van der Waals surface area contributed by atoms with Gasteiger partial charge in [-0.15, -0.1) is 0 Å². The highest BCUT2D eigenvalue weighted by Gasteiger charge is 2.17. The van der Waals surface area contributed by atoms with E-state index in [0.717, 1.165) is 11.4 Å². The highest BCUT2D eigenvalue weighted by atomic mass is 16.2. The van der Waals surface area contributed by atoms with Gasteiger partial charge in [-0.25, -0.2) is 4.79 Å². The molecule has 1 N–H and O–H groups in total. The molecule has 0 spiro atoms. The summed E-state index contributed by atoms with van der Waals surface area (Å²) >= 11 is 0. The van der Waals surface area contributed by atoms with Crippen molar-refractivity contribution in [3.63, 3.8) is 0 Å². The molecule has 0 heterocycles. The predicted octanol–water partition coefficient (Wildman–Crippen LogP) is 3.94. The first-order valence-electron chi connectivity index (χ1n) is 6.39. The minimum absolute atomic E-state index is 0.0995. The van der Waals surface area contributed by atoms with Crippen molar-refractivity contribution in [1.82, 2.24) is 5.32 Å². The Kier molecular flexibility index (Phi) is 4.18. The number of carbonyl (C=O) groups excluding carboxylic acids is 1. The van der Waals surface area contributed by atoms with E-state index in [1.165, 1.54) is 0 Å². The van der Waals surface area contributed by atoms with Crippen LogP contribution in [0.2, 0.25) is 0 Å². The van der Waals surface area contributed by atoms with Crippen LogP contribution in [0.5, 0.6) is 0 Å². The van der Waals surface area contributed by atoms with Crippen molar-refractivity contribution in [3.05, 3.63) is 60.7 Å². The fourth-order valence-electron chi connectivity index (χ4n) is 1.85. The van der Waals surface area contributed by atoms with Crippen LogP contribution in [-0.2, 0) is 0 Å². The van der Waals surface area contributed by atoms with Crippen molar-refractivity contribution >= 4 is 17.4 Å². The fraction of sp³-hybridized carbons (Fsp3) is 0.188. The van der Waals surface area contributed by atoms with Crippen LogP contribution in [0.1, 0.15) is 13.8 Å². The minimum atomic E-state index is -0.118. The molecule has 2 rings (SSSR count). The lowest BCUT2D eigenvalue weighted by molar-refractivity contribution is 0.246. The third-order valence-electron chi connectivity index (χ3n) is 2.64. The fourth-order valence-corrected chi connectivity index (χ4v) is 1.85. The first-order chi connectivity index (χ1) is 9.18. The number of para-hydroxylation sites is 2. The van der Waals surface area contributed by atoms with Crippen molar-refractivity contribution < 1.29 is 4.79 Å². The third kappa shape index (κ3) is 3.35. The number of hydrogen-bond donors (Lipinski definition) is 1.